The van der Waals surface area contributed by atoms with Crippen LogP contribution in [0.4, 0.5) is 5.69 Å². The van der Waals surface area contributed by atoms with E-state index in [2.05, 4.69) is 37.4 Å². The van der Waals surface area contributed by atoms with Gasteiger partial charge in [0.1, 0.15) is 0 Å². The zero-order valence-electron chi connectivity index (χ0n) is 12.3. The summed E-state index contributed by atoms with van der Waals surface area (Å²) in [5.74, 6) is 0. The number of benzene rings is 1. The highest BCUT2D eigenvalue weighted by atomic mass is 16.3. The zero-order valence-corrected chi connectivity index (χ0v) is 12.3. The number of hydrogen-bond acceptors (Lipinski definition) is 2. The average Bonchev–Trinajstić information content (AvgIpc) is 2.46. The van der Waals surface area contributed by atoms with Crippen LogP contribution in [0.25, 0.3) is 0 Å². The lowest BCUT2D eigenvalue weighted by Gasteiger charge is -2.36. The molecule has 1 aliphatic carbocycles. The third-order valence-electron chi connectivity index (χ3n) is 4.63. The summed E-state index contributed by atoms with van der Waals surface area (Å²) in [7, 11) is 0. The molecule has 0 saturated heterocycles. The third-order valence-corrected chi connectivity index (χ3v) is 4.63. The molecule has 2 nitrogen and oxygen atoms in total. The molecule has 19 heavy (non-hydrogen) atoms. The second kappa shape index (κ2) is 6.42. The molecule has 2 heteroatoms. The van der Waals surface area contributed by atoms with Gasteiger partial charge in [-0.25, -0.2) is 0 Å². The lowest BCUT2D eigenvalue weighted by Crippen LogP contribution is -2.35. The van der Waals surface area contributed by atoms with Crippen LogP contribution in [0.15, 0.2) is 18.2 Å². The van der Waals surface area contributed by atoms with Crippen molar-refractivity contribution in [1.82, 2.24) is 0 Å². The van der Waals surface area contributed by atoms with E-state index in [1.165, 1.54) is 36.1 Å². The average molecular weight is 261 g/mol. The Morgan fingerprint density at radius 2 is 1.95 bits per heavy atom. The van der Waals surface area contributed by atoms with Crippen molar-refractivity contribution in [3.63, 3.8) is 0 Å². The first-order chi connectivity index (χ1) is 9.21. The van der Waals surface area contributed by atoms with Crippen LogP contribution >= 0.6 is 0 Å². The van der Waals surface area contributed by atoms with Gasteiger partial charge >= 0.3 is 0 Å². The molecule has 1 fully saturated rings. The Hall–Kier alpha value is -1.02. The summed E-state index contributed by atoms with van der Waals surface area (Å²) in [4.78, 5) is 0. The fraction of sp³-hybridized carbons (Fsp3) is 0.647. The minimum Gasteiger partial charge on any atom is -0.396 e. The Balaban J connectivity index is 2.09. The van der Waals surface area contributed by atoms with Gasteiger partial charge < -0.3 is 10.4 Å². The van der Waals surface area contributed by atoms with Gasteiger partial charge in [-0.05, 0) is 37.3 Å². The first-order valence-corrected chi connectivity index (χ1v) is 7.64. The van der Waals surface area contributed by atoms with Crippen LogP contribution in [0.5, 0.6) is 0 Å². The Morgan fingerprint density at radius 3 is 2.58 bits per heavy atom. The van der Waals surface area contributed by atoms with E-state index in [1.807, 2.05) is 0 Å². The quantitative estimate of drug-likeness (QED) is 0.842. The largest absolute Gasteiger partial charge is 0.396 e. The van der Waals surface area contributed by atoms with E-state index in [1.54, 1.807) is 0 Å². The molecule has 1 aromatic rings. The molecular formula is C17H27NO. The first kappa shape index (κ1) is 14.4. The predicted octanol–water partition coefficient (Wildman–Crippen LogP) is 3.91. The van der Waals surface area contributed by atoms with Crippen molar-refractivity contribution in [2.45, 2.75) is 52.4 Å². The zero-order chi connectivity index (χ0) is 13.7. The topological polar surface area (TPSA) is 32.3 Å². The first-order valence-electron chi connectivity index (χ1n) is 7.64. The number of anilines is 1. The van der Waals surface area contributed by atoms with Crippen molar-refractivity contribution in [3.8, 4) is 0 Å². The second-order valence-electron chi connectivity index (χ2n) is 6.03. The molecule has 0 atom stereocenters. The molecule has 0 spiro atoms. The number of aliphatic hydroxyl groups excluding tert-OH is 1. The van der Waals surface area contributed by atoms with Gasteiger partial charge in [0.15, 0.2) is 0 Å². The van der Waals surface area contributed by atoms with Crippen LogP contribution in [0.3, 0.4) is 0 Å². The van der Waals surface area contributed by atoms with Crippen LogP contribution in [-0.4, -0.2) is 18.3 Å². The van der Waals surface area contributed by atoms with Crippen molar-refractivity contribution in [2.24, 2.45) is 5.41 Å². The van der Waals surface area contributed by atoms with Crippen molar-refractivity contribution >= 4 is 5.69 Å². The highest BCUT2D eigenvalue weighted by Gasteiger charge is 2.31. The van der Waals surface area contributed by atoms with Crippen molar-refractivity contribution < 1.29 is 5.11 Å². The lowest BCUT2D eigenvalue weighted by molar-refractivity contribution is 0.0944. The van der Waals surface area contributed by atoms with Crippen LogP contribution in [0, 0.1) is 12.3 Å². The van der Waals surface area contributed by atoms with Gasteiger partial charge in [-0.15, -0.1) is 0 Å². The molecule has 0 aromatic heterocycles. The molecule has 0 bridgehead atoms. The van der Waals surface area contributed by atoms with E-state index in [4.69, 9.17) is 0 Å². The van der Waals surface area contributed by atoms with Gasteiger partial charge in [0.25, 0.3) is 0 Å². The summed E-state index contributed by atoms with van der Waals surface area (Å²) in [6.45, 7) is 5.57. The number of hydrogen-bond donors (Lipinski definition) is 2. The standard InChI is InChI=1S/C17H27NO/c1-3-15-9-7-8-14(2)16(15)18-12-17(13-19)10-5-4-6-11-17/h7-9,18-19H,3-6,10-13H2,1-2H3. The maximum atomic E-state index is 9.78. The van der Waals surface area contributed by atoms with Crippen LogP contribution in [0.2, 0.25) is 0 Å². The maximum Gasteiger partial charge on any atom is 0.0504 e. The summed E-state index contributed by atoms with van der Waals surface area (Å²) in [5, 5.41) is 13.4. The van der Waals surface area contributed by atoms with E-state index < -0.39 is 0 Å². The Kier molecular flexibility index (Phi) is 4.87. The number of aliphatic hydroxyl groups is 1. The van der Waals surface area contributed by atoms with E-state index in [9.17, 15) is 5.11 Å². The molecule has 2 N–H and O–H groups in total. The van der Waals surface area contributed by atoms with Crippen molar-refractivity contribution in [1.29, 1.82) is 0 Å². The highest BCUT2D eigenvalue weighted by Crippen LogP contribution is 2.36. The number of rotatable bonds is 5. The van der Waals surface area contributed by atoms with Gasteiger partial charge in [0.2, 0.25) is 0 Å². The van der Waals surface area contributed by atoms with Gasteiger partial charge in [-0.2, -0.15) is 0 Å². The molecule has 0 heterocycles. The molecule has 2 rings (SSSR count). The SMILES string of the molecule is CCc1cccc(C)c1NCC1(CO)CCCCC1. The summed E-state index contributed by atoms with van der Waals surface area (Å²) in [6.07, 6.45) is 7.21. The molecule has 0 aliphatic heterocycles. The van der Waals surface area contributed by atoms with Crippen LogP contribution < -0.4 is 5.32 Å². The maximum absolute atomic E-state index is 9.78. The van der Waals surface area contributed by atoms with Crippen LogP contribution in [-0.2, 0) is 6.42 Å². The fourth-order valence-corrected chi connectivity index (χ4v) is 3.24. The molecule has 0 amide bonds. The van der Waals surface area contributed by atoms with Crippen LogP contribution in [0.1, 0.15) is 50.2 Å². The summed E-state index contributed by atoms with van der Waals surface area (Å²) >= 11 is 0. The van der Waals surface area contributed by atoms with Gasteiger partial charge in [-0.3, -0.25) is 0 Å². The monoisotopic (exact) mass is 261 g/mol. The van der Waals surface area contributed by atoms with Gasteiger partial charge in [-0.1, -0.05) is 44.4 Å². The van der Waals surface area contributed by atoms with Crippen molar-refractivity contribution in [3.05, 3.63) is 29.3 Å². The summed E-state index contributed by atoms with van der Waals surface area (Å²) in [6, 6.07) is 6.48. The number of para-hydroxylation sites is 1. The van der Waals surface area contributed by atoms with E-state index >= 15 is 0 Å². The second-order valence-corrected chi connectivity index (χ2v) is 6.03. The van der Waals surface area contributed by atoms with E-state index in [0.29, 0.717) is 6.61 Å². The number of nitrogens with one attached hydrogen (secondary N) is 1. The minimum atomic E-state index is 0.103. The molecule has 1 saturated carbocycles. The third kappa shape index (κ3) is 3.30. The highest BCUT2D eigenvalue weighted by molar-refractivity contribution is 5.57. The lowest BCUT2D eigenvalue weighted by atomic mass is 9.74. The molecule has 1 aromatic carbocycles. The van der Waals surface area contributed by atoms with Gasteiger partial charge in [0.05, 0.1) is 6.61 Å². The van der Waals surface area contributed by atoms with Crippen molar-refractivity contribution in [2.75, 3.05) is 18.5 Å². The summed E-state index contributed by atoms with van der Waals surface area (Å²) < 4.78 is 0. The molecule has 0 unspecified atom stereocenters. The Morgan fingerprint density at radius 1 is 1.21 bits per heavy atom. The molecular weight excluding hydrogens is 234 g/mol. The van der Waals surface area contributed by atoms with E-state index in [0.717, 1.165) is 25.8 Å². The summed E-state index contributed by atoms with van der Waals surface area (Å²) in [5.41, 5.74) is 4.07. The smallest absolute Gasteiger partial charge is 0.0504 e. The van der Waals surface area contributed by atoms with Gasteiger partial charge in [0, 0.05) is 17.6 Å². The normalized spacial score (nSPS) is 18.3. The molecule has 106 valence electrons. The fourth-order valence-electron chi connectivity index (χ4n) is 3.24. The number of aryl methyl sites for hydroxylation is 2. The molecule has 1 aliphatic rings. The van der Waals surface area contributed by atoms with E-state index in [-0.39, 0.29) is 5.41 Å². The predicted molar refractivity (Wildman–Crippen MR) is 81.7 cm³/mol. The Labute approximate surface area is 117 Å². The minimum absolute atomic E-state index is 0.103. The Bertz CT molecular complexity index is 408. The molecule has 0 radical (unpaired) electrons.